The molecule has 102 valence electrons. The number of anilines is 1. The van der Waals surface area contributed by atoms with Crippen molar-refractivity contribution in [3.63, 3.8) is 0 Å². The van der Waals surface area contributed by atoms with Gasteiger partial charge in [0.25, 0.3) is 0 Å². The van der Waals surface area contributed by atoms with Gasteiger partial charge in [0.2, 0.25) is 0 Å². The van der Waals surface area contributed by atoms with E-state index in [1.165, 1.54) is 5.56 Å². The lowest BCUT2D eigenvalue weighted by atomic mass is 9.89. The fourth-order valence-corrected chi connectivity index (χ4v) is 1.86. The van der Waals surface area contributed by atoms with Gasteiger partial charge >= 0.3 is 0 Å². The molecule has 0 atom stereocenters. The number of nitrogen functional groups attached to an aromatic ring is 1. The van der Waals surface area contributed by atoms with Crippen LogP contribution in [-0.4, -0.2) is 20.3 Å². The Labute approximate surface area is 111 Å². The Kier molecular flexibility index (Phi) is 5.63. The van der Waals surface area contributed by atoms with Gasteiger partial charge in [0, 0.05) is 32.5 Å². The van der Waals surface area contributed by atoms with Gasteiger partial charge in [-0.2, -0.15) is 0 Å². The van der Waals surface area contributed by atoms with Crippen molar-refractivity contribution >= 4 is 5.69 Å². The van der Waals surface area contributed by atoms with E-state index in [0.29, 0.717) is 0 Å². The molecule has 0 radical (unpaired) electrons. The van der Waals surface area contributed by atoms with E-state index in [1.807, 2.05) is 13.0 Å². The van der Waals surface area contributed by atoms with Gasteiger partial charge in [0.05, 0.1) is 0 Å². The minimum absolute atomic E-state index is 0.263. The predicted molar refractivity (Wildman–Crippen MR) is 77.6 cm³/mol. The van der Waals surface area contributed by atoms with Crippen molar-refractivity contribution in [2.45, 2.75) is 33.7 Å². The van der Waals surface area contributed by atoms with E-state index < -0.39 is 0 Å². The Morgan fingerprint density at radius 1 is 1.33 bits per heavy atom. The van der Waals surface area contributed by atoms with Crippen molar-refractivity contribution in [2.24, 2.45) is 5.41 Å². The number of ether oxygens (including phenoxy) is 1. The summed E-state index contributed by atoms with van der Waals surface area (Å²) in [5.41, 5.74) is 9.36. The second-order valence-corrected chi connectivity index (χ2v) is 5.70. The molecule has 0 unspecified atom stereocenters. The summed E-state index contributed by atoms with van der Waals surface area (Å²) in [6.07, 6.45) is 1.07. The zero-order valence-corrected chi connectivity index (χ0v) is 12.0. The molecule has 18 heavy (non-hydrogen) atoms. The van der Waals surface area contributed by atoms with E-state index >= 15 is 0 Å². The average Bonchev–Trinajstić information content (AvgIpc) is 2.31. The molecular weight excluding hydrogens is 224 g/mol. The second-order valence-electron chi connectivity index (χ2n) is 5.70. The first-order valence-electron chi connectivity index (χ1n) is 6.49. The number of hydrogen-bond donors (Lipinski definition) is 2. The number of benzene rings is 1. The Hall–Kier alpha value is -1.06. The summed E-state index contributed by atoms with van der Waals surface area (Å²) in [4.78, 5) is 0. The fourth-order valence-electron chi connectivity index (χ4n) is 1.86. The third-order valence-corrected chi connectivity index (χ3v) is 3.25. The SMILES string of the molecule is COCCC(C)(C)CNCc1ccc(N)c(C)c1. The van der Waals surface area contributed by atoms with Gasteiger partial charge in [-0.15, -0.1) is 0 Å². The minimum atomic E-state index is 0.263. The van der Waals surface area contributed by atoms with E-state index in [-0.39, 0.29) is 5.41 Å². The Bertz CT molecular complexity index is 375. The molecule has 1 rings (SSSR count). The molecule has 1 aromatic carbocycles. The van der Waals surface area contributed by atoms with Gasteiger partial charge in [-0.05, 0) is 36.0 Å². The first kappa shape index (κ1) is 15.0. The maximum atomic E-state index is 5.81. The van der Waals surface area contributed by atoms with Gasteiger partial charge in [-0.25, -0.2) is 0 Å². The molecule has 0 heterocycles. The normalized spacial score (nSPS) is 11.8. The summed E-state index contributed by atoms with van der Waals surface area (Å²) in [6, 6.07) is 6.20. The molecule has 1 aromatic rings. The standard InChI is InChI=1S/C15H26N2O/c1-12-9-13(5-6-14(12)16)10-17-11-15(2,3)7-8-18-4/h5-6,9,17H,7-8,10-11,16H2,1-4H3. The number of rotatable bonds is 7. The third-order valence-electron chi connectivity index (χ3n) is 3.25. The van der Waals surface area contributed by atoms with Crippen molar-refractivity contribution in [1.29, 1.82) is 0 Å². The maximum Gasteiger partial charge on any atom is 0.0467 e. The summed E-state index contributed by atoms with van der Waals surface area (Å²) in [6.45, 7) is 9.24. The highest BCUT2D eigenvalue weighted by Crippen LogP contribution is 2.19. The monoisotopic (exact) mass is 250 g/mol. The van der Waals surface area contributed by atoms with E-state index in [9.17, 15) is 0 Å². The van der Waals surface area contributed by atoms with Crippen molar-refractivity contribution in [1.82, 2.24) is 5.32 Å². The number of hydrogen-bond acceptors (Lipinski definition) is 3. The summed E-state index contributed by atoms with van der Waals surface area (Å²) in [5, 5.41) is 3.50. The molecule has 0 saturated carbocycles. The molecule has 0 spiro atoms. The van der Waals surface area contributed by atoms with E-state index in [1.54, 1.807) is 7.11 Å². The zero-order chi connectivity index (χ0) is 13.6. The average molecular weight is 250 g/mol. The molecule has 3 heteroatoms. The number of aryl methyl sites for hydroxylation is 1. The van der Waals surface area contributed by atoms with Crippen LogP contribution in [0.25, 0.3) is 0 Å². The lowest BCUT2D eigenvalue weighted by Gasteiger charge is -2.24. The molecule has 3 nitrogen and oxygen atoms in total. The molecule has 0 bridgehead atoms. The number of nitrogens with one attached hydrogen (secondary N) is 1. The largest absolute Gasteiger partial charge is 0.399 e. The lowest BCUT2D eigenvalue weighted by Crippen LogP contribution is -2.30. The quantitative estimate of drug-likeness (QED) is 0.731. The topological polar surface area (TPSA) is 47.3 Å². The number of methoxy groups -OCH3 is 1. The molecule has 0 aliphatic heterocycles. The molecular formula is C15H26N2O. The highest BCUT2D eigenvalue weighted by Gasteiger charge is 2.16. The van der Waals surface area contributed by atoms with E-state index in [2.05, 4.69) is 31.3 Å². The highest BCUT2D eigenvalue weighted by atomic mass is 16.5. The van der Waals surface area contributed by atoms with E-state index in [4.69, 9.17) is 10.5 Å². The Balaban J connectivity index is 2.39. The molecule has 0 saturated heterocycles. The first-order chi connectivity index (χ1) is 8.44. The van der Waals surface area contributed by atoms with E-state index in [0.717, 1.165) is 37.4 Å². The van der Waals surface area contributed by atoms with Crippen molar-refractivity contribution in [3.05, 3.63) is 29.3 Å². The van der Waals surface area contributed by atoms with Crippen LogP contribution in [0.5, 0.6) is 0 Å². The summed E-state index contributed by atoms with van der Waals surface area (Å²) in [7, 11) is 1.75. The van der Waals surface area contributed by atoms with Crippen LogP contribution in [0.4, 0.5) is 5.69 Å². The van der Waals surface area contributed by atoms with Gasteiger partial charge in [-0.3, -0.25) is 0 Å². The van der Waals surface area contributed by atoms with Crippen molar-refractivity contribution in [2.75, 3.05) is 26.0 Å². The Morgan fingerprint density at radius 3 is 2.67 bits per heavy atom. The fraction of sp³-hybridized carbons (Fsp3) is 0.600. The molecule has 0 fully saturated rings. The van der Waals surface area contributed by atoms with Crippen molar-refractivity contribution in [3.8, 4) is 0 Å². The molecule has 0 amide bonds. The number of nitrogens with two attached hydrogens (primary N) is 1. The van der Waals surface area contributed by atoms with Crippen LogP contribution in [-0.2, 0) is 11.3 Å². The van der Waals surface area contributed by atoms with Gasteiger partial charge in [0.1, 0.15) is 0 Å². The van der Waals surface area contributed by atoms with Crippen LogP contribution in [0.15, 0.2) is 18.2 Å². The molecule has 0 aromatic heterocycles. The summed E-state index contributed by atoms with van der Waals surface area (Å²) in [5.74, 6) is 0. The van der Waals surface area contributed by atoms with Crippen molar-refractivity contribution < 1.29 is 4.74 Å². The van der Waals surface area contributed by atoms with Crippen LogP contribution < -0.4 is 11.1 Å². The van der Waals surface area contributed by atoms with Crippen LogP contribution in [0.2, 0.25) is 0 Å². The molecule has 0 aliphatic rings. The van der Waals surface area contributed by atoms with Crippen LogP contribution in [0, 0.1) is 12.3 Å². The van der Waals surface area contributed by atoms with Crippen LogP contribution in [0.1, 0.15) is 31.4 Å². The summed E-state index contributed by atoms with van der Waals surface area (Å²) >= 11 is 0. The smallest absolute Gasteiger partial charge is 0.0467 e. The molecule has 0 aliphatic carbocycles. The highest BCUT2D eigenvalue weighted by molar-refractivity contribution is 5.47. The van der Waals surface area contributed by atoms with Gasteiger partial charge in [-0.1, -0.05) is 26.0 Å². The second kappa shape index (κ2) is 6.76. The van der Waals surface area contributed by atoms with Crippen LogP contribution >= 0.6 is 0 Å². The lowest BCUT2D eigenvalue weighted by molar-refractivity contribution is 0.150. The van der Waals surface area contributed by atoms with Gasteiger partial charge in [0.15, 0.2) is 0 Å². The van der Waals surface area contributed by atoms with Crippen LogP contribution in [0.3, 0.4) is 0 Å². The third kappa shape index (κ3) is 5.07. The maximum absolute atomic E-state index is 5.81. The van der Waals surface area contributed by atoms with Gasteiger partial charge < -0.3 is 15.8 Å². The Morgan fingerprint density at radius 2 is 2.06 bits per heavy atom. The first-order valence-corrected chi connectivity index (χ1v) is 6.49. The zero-order valence-electron chi connectivity index (χ0n) is 12.0. The minimum Gasteiger partial charge on any atom is -0.399 e. The molecule has 3 N–H and O–H groups in total. The summed E-state index contributed by atoms with van der Waals surface area (Å²) < 4.78 is 5.13. The predicted octanol–water partition coefficient (Wildman–Crippen LogP) is 2.73.